The molecule has 0 radical (unpaired) electrons. The fourth-order valence-electron chi connectivity index (χ4n) is 2.03. The fourth-order valence-corrected chi connectivity index (χ4v) is 2.03. The standard InChI is InChI=1S/C13H18F2N2.ClH/c1-8(2)13(14,15)11-5-10-9(6-16-11)12(3,4)7-17-10;/h5-6,8,17H,7H2,1-4H3;1H. The van der Waals surface area contributed by atoms with Gasteiger partial charge < -0.3 is 5.32 Å². The molecule has 2 heterocycles. The largest absolute Gasteiger partial charge is 0.384 e. The third-order valence-corrected chi connectivity index (χ3v) is 3.42. The van der Waals surface area contributed by atoms with E-state index in [1.54, 1.807) is 6.20 Å². The lowest BCUT2D eigenvalue weighted by molar-refractivity contribution is -0.0554. The van der Waals surface area contributed by atoms with Gasteiger partial charge in [-0.2, -0.15) is 8.78 Å². The van der Waals surface area contributed by atoms with Gasteiger partial charge in [-0.1, -0.05) is 27.7 Å². The molecule has 0 fully saturated rings. The number of nitrogens with zero attached hydrogens (tertiary/aromatic N) is 1. The molecule has 5 heteroatoms. The summed E-state index contributed by atoms with van der Waals surface area (Å²) in [7, 11) is 0. The molecule has 1 aromatic heterocycles. The van der Waals surface area contributed by atoms with E-state index in [2.05, 4.69) is 24.1 Å². The quantitative estimate of drug-likeness (QED) is 0.885. The van der Waals surface area contributed by atoms with Gasteiger partial charge in [0.1, 0.15) is 5.69 Å². The summed E-state index contributed by atoms with van der Waals surface area (Å²) in [6.07, 6.45) is 1.58. The number of fused-ring (bicyclic) bond motifs is 1. The van der Waals surface area contributed by atoms with E-state index in [0.29, 0.717) is 0 Å². The van der Waals surface area contributed by atoms with Crippen LogP contribution in [0.3, 0.4) is 0 Å². The first kappa shape index (κ1) is 15.2. The highest BCUT2D eigenvalue weighted by Gasteiger charge is 2.39. The molecular formula is C13H19ClF2N2. The monoisotopic (exact) mass is 276 g/mol. The van der Waals surface area contributed by atoms with Crippen LogP contribution in [0.4, 0.5) is 14.5 Å². The number of halogens is 3. The lowest BCUT2D eigenvalue weighted by Crippen LogP contribution is -2.23. The molecular weight excluding hydrogens is 258 g/mol. The Labute approximate surface area is 113 Å². The van der Waals surface area contributed by atoms with E-state index in [1.807, 2.05) is 0 Å². The average Bonchev–Trinajstić information content (AvgIpc) is 2.54. The summed E-state index contributed by atoms with van der Waals surface area (Å²) in [5.74, 6) is -3.62. The van der Waals surface area contributed by atoms with Crippen molar-refractivity contribution in [3.05, 3.63) is 23.5 Å². The number of pyridine rings is 1. The van der Waals surface area contributed by atoms with Gasteiger partial charge in [-0.3, -0.25) is 4.98 Å². The van der Waals surface area contributed by atoms with E-state index in [9.17, 15) is 8.78 Å². The van der Waals surface area contributed by atoms with E-state index < -0.39 is 11.8 Å². The van der Waals surface area contributed by atoms with Crippen LogP contribution in [0.15, 0.2) is 12.3 Å². The molecule has 0 spiro atoms. The van der Waals surface area contributed by atoms with Gasteiger partial charge in [-0.25, -0.2) is 0 Å². The highest BCUT2D eigenvalue weighted by molar-refractivity contribution is 5.85. The maximum absolute atomic E-state index is 13.8. The Morgan fingerprint density at radius 2 is 2.00 bits per heavy atom. The van der Waals surface area contributed by atoms with Crippen LogP contribution >= 0.6 is 12.4 Å². The summed E-state index contributed by atoms with van der Waals surface area (Å²) in [5.41, 5.74) is 1.63. The highest BCUT2D eigenvalue weighted by Crippen LogP contribution is 2.40. The van der Waals surface area contributed by atoms with Crippen molar-refractivity contribution in [2.75, 3.05) is 11.9 Å². The molecule has 0 saturated heterocycles. The van der Waals surface area contributed by atoms with Crippen molar-refractivity contribution >= 4 is 18.1 Å². The van der Waals surface area contributed by atoms with Gasteiger partial charge in [0.15, 0.2) is 0 Å². The SMILES string of the molecule is CC(C)C(F)(F)c1cc2c(cn1)C(C)(C)CN2.Cl. The normalized spacial score (nSPS) is 17.1. The Balaban J connectivity index is 0.00000162. The minimum Gasteiger partial charge on any atom is -0.384 e. The van der Waals surface area contributed by atoms with Crippen molar-refractivity contribution in [3.8, 4) is 0 Å². The molecule has 0 atom stereocenters. The number of hydrogen-bond donors (Lipinski definition) is 1. The smallest absolute Gasteiger partial charge is 0.291 e. The van der Waals surface area contributed by atoms with Crippen LogP contribution < -0.4 is 5.32 Å². The summed E-state index contributed by atoms with van der Waals surface area (Å²) >= 11 is 0. The fraction of sp³-hybridized carbons (Fsp3) is 0.615. The molecule has 1 aliphatic rings. The van der Waals surface area contributed by atoms with Gasteiger partial charge in [0.05, 0.1) is 0 Å². The third kappa shape index (κ3) is 2.30. The molecule has 0 amide bonds. The van der Waals surface area contributed by atoms with Gasteiger partial charge in [0, 0.05) is 35.3 Å². The molecule has 1 aliphatic heterocycles. The maximum atomic E-state index is 13.8. The highest BCUT2D eigenvalue weighted by atomic mass is 35.5. The molecule has 18 heavy (non-hydrogen) atoms. The summed E-state index contributed by atoms with van der Waals surface area (Å²) in [5, 5.41) is 3.17. The van der Waals surface area contributed by atoms with E-state index >= 15 is 0 Å². The number of aromatic nitrogens is 1. The van der Waals surface area contributed by atoms with Crippen molar-refractivity contribution in [2.24, 2.45) is 5.92 Å². The minimum atomic E-state index is -2.87. The van der Waals surface area contributed by atoms with E-state index in [1.165, 1.54) is 19.9 Å². The Morgan fingerprint density at radius 3 is 2.56 bits per heavy atom. The molecule has 0 aliphatic carbocycles. The first-order valence-electron chi connectivity index (χ1n) is 5.88. The Bertz CT molecular complexity index is 445. The van der Waals surface area contributed by atoms with Gasteiger partial charge in [-0.05, 0) is 6.07 Å². The van der Waals surface area contributed by atoms with Crippen LogP contribution in [0, 0.1) is 5.92 Å². The van der Waals surface area contributed by atoms with Crippen LogP contribution in [0.5, 0.6) is 0 Å². The van der Waals surface area contributed by atoms with Gasteiger partial charge in [-0.15, -0.1) is 12.4 Å². The van der Waals surface area contributed by atoms with Gasteiger partial charge in [0.2, 0.25) is 0 Å². The molecule has 0 saturated carbocycles. The summed E-state index contributed by atoms with van der Waals surface area (Å²) in [6.45, 7) is 7.93. The predicted molar refractivity (Wildman–Crippen MR) is 71.7 cm³/mol. The zero-order chi connectivity index (χ0) is 12.8. The second-order valence-electron chi connectivity index (χ2n) is 5.63. The van der Waals surface area contributed by atoms with Crippen molar-refractivity contribution in [2.45, 2.75) is 39.0 Å². The zero-order valence-corrected chi connectivity index (χ0v) is 11.9. The molecule has 102 valence electrons. The van der Waals surface area contributed by atoms with Crippen molar-refractivity contribution in [1.29, 1.82) is 0 Å². The summed E-state index contributed by atoms with van der Waals surface area (Å²) < 4.78 is 27.7. The topological polar surface area (TPSA) is 24.9 Å². The second kappa shape index (κ2) is 4.65. The number of rotatable bonds is 2. The van der Waals surface area contributed by atoms with Crippen LogP contribution in [0.2, 0.25) is 0 Å². The Hall–Kier alpha value is -0.900. The lowest BCUT2D eigenvalue weighted by Gasteiger charge is -2.21. The predicted octanol–water partition coefficient (Wildman–Crippen LogP) is 3.95. The molecule has 0 bridgehead atoms. The van der Waals surface area contributed by atoms with E-state index in [0.717, 1.165) is 17.8 Å². The lowest BCUT2D eigenvalue weighted by atomic mass is 9.88. The third-order valence-electron chi connectivity index (χ3n) is 3.42. The summed E-state index contributed by atoms with van der Waals surface area (Å²) in [4.78, 5) is 3.95. The maximum Gasteiger partial charge on any atom is 0.291 e. The number of nitrogens with one attached hydrogen (secondary N) is 1. The molecule has 2 nitrogen and oxygen atoms in total. The van der Waals surface area contributed by atoms with Crippen molar-refractivity contribution in [3.63, 3.8) is 0 Å². The van der Waals surface area contributed by atoms with Crippen molar-refractivity contribution in [1.82, 2.24) is 4.98 Å². The van der Waals surface area contributed by atoms with E-state index in [4.69, 9.17) is 0 Å². The van der Waals surface area contributed by atoms with Gasteiger partial charge in [0.25, 0.3) is 5.92 Å². The van der Waals surface area contributed by atoms with Crippen molar-refractivity contribution < 1.29 is 8.78 Å². The number of alkyl halides is 2. The average molecular weight is 277 g/mol. The van der Waals surface area contributed by atoms with Crippen LogP contribution in [-0.2, 0) is 11.3 Å². The molecule has 2 rings (SSSR count). The minimum absolute atomic E-state index is 0. The number of anilines is 1. The number of hydrogen-bond acceptors (Lipinski definition) is 2. The molecule has 1 aromatic rings. The van der Waals surface area contributed by atoms with Crippen LogP contribution in [-0.4, -0.2) is 11.5 Å². The first-order chi connectivity index (χ1) is 7.75. The summed E-state index contributed by atoms with van der Waals surface area (Å²) in [6, 6.07) is 1.49. The van der Waals surface area contributed by atoms with Crippen LogP contribution in [0.25, 0.3) is 0 Å². The van der Waals surface area contributed by atoms with E-state index in [-0.39, 0.29) is 23.5 Å². The molecule has 0 aromatic carbocycles. The van der Waals surface area contributed by atoms with Gasteiger partial charge >= 0.3 is 0 Å². The first-order valence-corrected chi connectivity index (χ1v) is 5.88. The zero-order valence-electron chi connectivity index (χ0n) is 11.1. The Kier molecular flexibility index (Phi) is 3.92. The second-order valence-corrected chi connectivity index (χ2v) is 5.63. The molecule has 1 N–H and O–H groups in total. The molecule has 0 unspecified atom stereocenters. The Morgan fingerprint density at radius 1 is 1.39 bits per heavy atom. The van der Waals surface area contributed by atoms with Crippen LogP contribution in [0.1, 0.15) is 39.0 Å².